The molecular weight excluding hydrogens is 648 g/mol. The van der Waals surface area contributed by atoms with Gasteiger partial charge in [0.15, 0.2) is 17.6 Å². The molecule has 0 spiro atoms. The highest BCUT2D eigenvalue weighted by Crippen LogP contribution is 2.47. The minimum absolute atomic E-state index is 0.0315. The zero-order valence-electron chi connectivity index (χ0n) is 27.1. The van der Waals surface area contributed by atoms with Crippen molar-refractivity contribution in [3.63, 3.8) is 0 Å². The minimum atomic E-state index is -1.26. The van der Waals surface area contributed by atoms with Gasteiger partial charge in [-0.1, -0.05) is 0 Å². The largest absolute Gasteiger partial charge is 0.481 e. The van der Waals surface area contributed by atoms with Gasteiger partial charge in [0.05, 0.1) is 5.56 Å². The topological polar surface area (TPSA) is 193 Å². The third-order valence-corrected chi connectivity index (χ3v) is 6.39. The minimum Gasteiger partial charge on any atom is -0.481 e. The first-order chi connectivity index (χ1) is 23.1. The second-order valence-corrected chi connectivity index (χ2v) is 10.5. The highest BCUT2D eigenvalue weighted by molar-refractivity contribution is 5.90. The zero-order valence-corrected chi connectivity index (χ0v) is 27.1. The van der Waals surface area contributed by atoms with Crippen LogP contribution in [0.15, 0.2) is 48.5 Å². The number of fused-ring (bicyclic) bond motifs is 1. The summed E-state index contributed by atoms with van der Waals surface area (Å²) in [4.78, 5) is 84.6. The van der Waals surface area contributed by atoms with E-state index in [0.717, 1.165) is 27.7 Å². The van der Waals surface area contributed by atoms with E-state index >= 15 is 0 Å². The van der Waals surface area contributed by atoms with Crippen LogP contribution >= 0.6 is 0 Å². The van der Waals surface area contributed by atoms with Gasteiger partial charge in [0.1, 0.15) is 29.1 Å². The van der Waals surface area contributed by atoms with Crippen LogP contribution in [0.1, 0.15) is 69.1 Å². The predicted octanol–water partition coefficient (Wildman–Crippen LogP) is 4.14. The summed E-state index contributed by atoms with van der Waals surface area (Å²) in [6.07, 6.45) is -2.61. The quantitative estimate of drug-likeness (QED) is 0.231. The Morgan fingerprint density at radius 2 is 1.06 bits per heavy atom. The second kappa shape index (κ2) is 15.1. The molecule has 4 rings (SSSR count). The van der Waals surface area contributed by atoms with Crippen molar-refractivity contribution in [3.8, 4) is 40.2 Å². The molecule has 0 aliphatic carbocycles. The lowest BCUT2D eigenvalue weighted by Gasteiger charge is -2.34. The summed E-state index contributed by atoms with van der Waals surface area (Å²) in [6, 6.07) is 10.7. The highest BCUT2D eigenvalue weighted by Gasteiger charge is 2.38. The Morgan fingerprint density at radius 1 is 0.571 bits per heavy atom. The third kappa shape index (κ3) is 9.41. The molecule has 49 heavy (non-hydrogen) atoms. The maximum absolute atomic E-state index is 13.4. The summed E-state index contributed by atoms with van der Waals surface area (Å²) in [6.45, 7) is 6.81. The average Bonchev–Trinajstić information content (AvgIpc) is 2.97. The van der Waals surface area contributed by atoms with E-state index in [-0.39, 0.29) is 63.4 Å². The van der Waals surface area contributed by atoms with E-state index in [9.17, 15) is 33.6 Å². The fourth-order valence-electron chi connectivity index (χ4n) is 4.78. The van der Waals surface area contributed by atoms with E-state index in [1.807, 2.05) is 0 Å². The zero-order chi connectivity index (χ0) is 36.0. The van der Waals surface area contributed by atoms with E-state index < -0.39 is 54.0 Å². The lowest BCUT2D eigenvalue weighted by Crippen LogP contribution is -2.35. The molecule has 15 nitrogen and oxygen atoms in total. The van der Waals surface area contributed by atoms with Gasteiger partial charge in [-0.15, -0.1) is 0 Å². The van der Waals surface area contributed by atoms with Gasteiger partial charge in [0.25, 0.3) is 0 Å². The van der Waals surface area contributed by atoms with Crippen LogP contribution in [0.2, 0.25) is 0 Å². The van der Waals surface area contributed by atoms with Crippen molar-refractivity contribution in [3.05, 3.63) is 65.2 Å². The SMILES string of the molecule is CC(=O)Oc1ccc(C(=O)O[C@H]2Cc3c(OC(C)=O)cc(OC(C)=O)cc3O[C@@H]2c2cc(OC(C)=O)c(OC(C)=O)c(OC(C)=O)c2)cc1. The average molecular weight is 679 g/mol. The molecule has 1 heterocycles. The van der Waals surface area contributed by atoms with E-state index in [4.69, 9.17) is 37.9 Å². The fourth-order valence-corrected chi connectivity index (χ4v) is 4.78. The molecule has 256 valence electrons. The summed E-state index contributed by atoms with van der Waals surface area (Å²) in [5, 5.41) is 0. The lowest BCUT2D eigenvalue weighted by molar-refractivity contribution is -0.135. The summed E-state index contributed by atoms with van der Waals surface area (Å²) < 4.78 is 43.6. The Balaban J connectivity index is 1.88. The Kier molecular flexibility index (Phi) is 11.0. The lowest BCUT2D eigenvalue weighted by atomic mass is 9.93. The van der Waals surface area contributed by atoms with Crippen molar-refractivity contribution < 1.29 is 71.5 Å². The van der Waals surface area contributed by atoms with Crippen molar-refractivity contribution in [1.29, 1.82) is 0 Å². The van der Waals surface area contributed by atoms with Crippen LogP contribution in [0, 0.1) is 0 Å². The van der Waals surface area contributed by atoms with Gasteiger partial charge in [-0.3, -0.25) is 28.8 Å². The molecule has 0 N–H and O–H groups in total. The molecule has 0 saturated heterocycles. The van der Waals surface area contributed by atoms with Crippen LogP contribution < -0.4 is 33.2 Å². The molecule has 0 fully saturated rings. The van der Waals surface area contributed by atoms with Gasteiger partial charge in [-0.2, -0.15) is 0 Å². The molecule has 15 heteroatoms. The van der Waals surface area contributed by atoms with Crippen LogP contribution in [-0.2, 0) is 39.9 Å². The molecule has 0 amide bonds. The van der Waals surface area contributed by atoms with Crippen molar-refractivity contribution in [2.75, 3.05) is 0 Å². The first-order valence-corrected chi connectivity index (χ1v) is 14.5. The Morgan fingerprint density at radius 3 is 1.57 bits per heavy atom. The van der Waals surface area contributed by atoms with E-state index in [1.165, 1.54) is 62.4 Å². The fraction of sp³-hybridized carbons (Fsp3) is 0.265. The summed E-state index contributed by atoms with van der Waals surface area (Å²) in [5.41, 5.74) is 0.448. The van der Waals surface area contributed by atoms with Crippen LogP contribution in [0.3, 0.4) is 0 Å². The first kappa shape index (κ1) is 35.6. The highest BCUT2D eigenvalue weighted by atomic mass is 16.6. The van der Waals surface area contributed by atoms with Crippen LogP contribution in [-0.4, -0.2) is 47.9 Å². The number of ether oxygens (including phenoxy) is 8. The molecule has 2 atom stereocenters. The molecule has 0 saturated carbocycles. The summed E-state index contributed by atoms with van der Waals surface area (Å²) in [5.74, 6) is -6.08. The molecule has 0 unspecified atom stereocenters. The number of benzene rings is 3. The van der Waals surface area contributed by atoms with Gasteiger partial charge in [0.2, 0.25) is 5.75 Å². The molecule has 1 aliphatic heterocycles. The predicted molar refractivity (Wildman–Crippen MR) is 163 cm³/mol. The van der Waals surface area contributed by atoms with Gasteiger partial charge in [-0.25, -0.2) is 4.79 Å². The number of carbonyl (C=O) groups is 7. The van der Waals surface area contributed by atoms with E-state index in [1.54, 1.807) is 0 Å². The number of esters is 7. The monoisotopic (exact) mass is 678 g/mol. The van der Waals surface area contributed by atoms with Crippen molar-refractivity contribution in [2.45, 2.75) is 60.2 Å². The van der Waals surface area contributed by atoms with Crippen molar-refractivity contribution in [1.82, 2.24) is 0 Å². The van der Waals surface area contributed by atoms with Crippen LogP contribution in [0.4, 0.5) is 0 Å². The number of hydrogen-bond donors (Lipinski definition) is 0. The van der Waals surface area contributed by atoms with Gasteiger partial charge in [0, 0.05) is 71.2 Å². The smallest absolute Gasteiger partial charge is 0.338 e. The number of carbonyl (C=O) groups excluding carboxylic acids is 7. The number of rotatable bonds is 9. The second-order valence-electron chi connectivity index (χ2n) is 10.5. The van der Waals surface area contributed by atoms with Crippen molar-refractivity contribution >= 4 is 41.8 Å². The van der Waals surface area contributed by atoms with Crippen molar-refractivity contribution in [2.24, 2.45) is 0 Å². The molecule has 0 bridgehead atoms. The normalized spacial score (nSPS) is 14.6. The van der Waals surface area contributed by atoms with Gasteiger partial charge >= 0.3 is 41.8 Å². The van der Waals surface area contributed by atoms with Gasteiger partial charge in [-0.05, 0) is 36.4 Å². The summed E-state index contributed by atoms with van der Waals surface area (Å²) in [7, 11) is 0. The van der Waals surface area contributed by atoms with Crippen LogP contribution in [0.5, 0.6) is 40.2 Å². The molecule has 3 aromatic carbocycles. The Bertz CT molecular complexity index is 1800. The van der Waals surface area contributed by atoms with E-state index in [0.29, 0.717) is 0 Å². The molecular formula is C34H30O15. The third-order valence-electron chi connectivity index (χ3n) is 6.39. The molecule has 0 radical (unpaired) electrons. The standard InChI is InChI=1S/C34H30O15/c1-16(35)42-24-9-7-22(8-10-24)34(41)49-31-15-26-27(44-18(3)37)13-25(43-17(2)36)14-28(26)48-32(31)23-11-29(45-19(4)38)33(47-21(6)40)30(12-23)46-20(5)39/h7-14,31-32H,15H2,1-6H3/t31-,32+/m0/s1. The number of hydrogen-bond acceptors (Lipinski definition) is 15. The van der Waals surface area contributed by atoms with Gasteiger partial charge < -0.3 is 37.9 Å². The van der Waals surface area contributed by atoms with E-state index in [2.05, 4.69) is 0 Å². The first-order valence-electron chi connectivity index (χ1n) is 14.5. The Labute approximate surface area is 278 Å². The molecule has 3 aromatic rings. The Hall–Kier alpha value is -6.25. The maximum Gasteiger partial charge on any atom is 0.338 e. The molecule has 0 aromatic heterocycles. The molecule has 1 aliphatic rings. The van der Waals surface area contributed by atoms with Crippen LogP contribution in [0.25, 0.3) is 0 Å². The summed E-state index contributed by atoms with van der Waals surface area (Å²) >= 11 is 0. The maximum atomic E-state index is 13.4.